The SMILES string of the molecule is O=C(O)N1CCC1[N+](=O)[O-]. The van der Waals surface area contributed by atoms with Crippen molar-refractivity contribution in [1.82, 2.24) is 4.90 Å². The van der Waals surface area contributed by atoms with Gasteiger partial charge in [-0.15, -0.1) is 0 Å². The van der Waals surface area contributed by atoms with Crippen LogP contribution in [0.1, 0.15) is 6.42 Å². The first kappa shape index (κ1) is 6.79. The predicted molar refractivity (Wildman–Crippen MR) is 30.1 cm³/mol. The molecule has 1 fully saturated rings. The summed E-state index contributed by atoms with van der Waals surface area (Å²) in [5.74, 6) is 0. The van der Waals surface area contributed by atoms with Crippen molar-refractivity contribution in [3.63, 3.8) is 0 Å². The molecule has 10 heavy (non-hydrogen) atoms. The van der Waals surface area contributed by atoms with Gasteiger partial charge < -0.3 is 5.11 Å². The molecule has 0 aromatic carbocycles. The molecule has 0 aliphatic carbocycles. The fourth-order valence-corrected chi connectivity index (χ4v) is 0.816. The Morgan fingerprint density at radius 2 is 2.40 bits per heavy atom. The molecule has 1 N–H and O–H groups in total. The zero-order valence-electron chi connectivity index (χ0n) is 5.06. The van der Waals surface area contributed by atoms with Crippen LogP contribution in [0.5, 0.6) is 0 Å². The van der Waals surface area contributed by atoms with Crippen molar-refractivity contribution in [2.75, 3.05) is 6.54 Å². The Labute approximate surface area is 56.2 Å². The highest BCUT2D eigenvalue weighted by Gasteiger charge is 2.41. The van der Waals surface area contributed by atoms with Crippen LogP contribution in [-0.4, -0.2) is 33.7 Å². The molecule has 1 unspecified atom stereocenters. The zero-order chi connectivity index (χ0) is 7.72. The summed E-state index contributed by atoms with van der Waals surface area (Å²) in [4.78, 5) is 20.3. The summed E-state index contributed by atoms with van der Waals surface area (Å²) < 4.78 is 0. The number of amides is 1. The topological polar surface area (TPSA) is 83.7 Å². The maximum atomic E-state index is 10.1. The van der Waals surface area contributed by atoms with Gasteiger partial charge in [-0.2, -0.15) is 0 Å². The van der Waals surface area contributed by atoms with Gasteiger partial charge in [-0.25, -0.2) is 9.69 Å². The number of carbonyl (C=O) groups is 1. The second kappa shape index (κ2) is 2.13. The van der Waals surface area contributed by atoms with E-state index in [1.807, 2.05) is 0 Å². The van der Waals surface area contributed by atoms with Gasteiger partial charge in [0.25, 0.3) is 6.17 Å². The van der Waals surface area contributed by atoms with Crippen LogP contribution in [-0.2, 0) is 0 Å². The minimum absolute atomic E-state index is 0.279. The number of likely N-dealkylation sites (tertiary alicyclic amines) is 1. The highest BCUT2D eigenvalue weighted by molar-refractivity contribution is 5.66. The van der Waals surface area contributed by atoms with E-state index in [2.05, 4.69) is 0 Å². The van der Waals surface area contributed by atoms with Gasteiger partial charge in [0.1, 0.15) is 0 Å². The third-order valence-corrected chi connectivity index (χ3v) is 1.48. The summed E-state index contributed by atoms with van der Waals surface area (Å²) >= 11 is 0. The lowest BCUT2D eigenvalue weighted by Gasteiger charge is -2.30. The molecule has 6 nitrogen and oxygen atoms in total. The van der Waals surface area contributed by atoms with Crippen LogP contribution >= 0.6 is 0 Å². The van der Waals surface area contributed by atoms with Crippen LogP contribution in [0.4, 0.5) is 4.79 Å². The molecule has 1 aliphatic heterocycles. The van der Waals surface area contributed by atoms with Gasteiger partial charge in [0.2, 0.25) is 0 Å². The molecule has 6 heteroatoms. The van der Waals surface area contributed by atoms with Gasteiger partial charge in [-0.3, -0.25) is 10.1 Å². The van der Waals surface area contributed by atoms with Crippen molar-refractivity contribution in [3.8, 4) is 0 Å². The highest BCUT2D eigenvalue weighted by atomic mass is 16.6. The Kier molecular flexibility index (Phi) is 1.44. The third-order valence-electron chi connectivity index (χ3n) is 1.48. The minimum Gasteiger partial charge on any atom is -0.465 e. The number of nitrogens with zero attached hydrogens (tertiary/aromatic N) is 2. The van der Waals surface area contributed by atoms with E-state index in [-0.39, 0.29) is 6.54 Å². The molecular weight excluding hydrogens is 140 g/mol. The molecule has 1 heterocycles. The van der Waals surface area contributed by atoms with Gasteiger partial charge in [-0.05, 0) is 0 Å². The number of hydrogen-bond donors (Lipinski definition) is 1. The summed E-state index contributed by atoms with van der Waals surface area (Å²) in [5, 5.41) is 18.3. The van der Waals surface area contributed by atoms with Gasteiger partial charge in [0.15, 0.2) is 0 Å². The molecule has 0 radical (unpaired) electrons. The maximum absolute atomic E-state index is 10.1. The molecule has 0 aromatic rings. The Balaban J connectivity index is 2.51. The van der Waals surface area contributed by atoms with Crippen LogP contribution in [0.2, 0.25) is 0 Å². The lowest BCUT2D eigenvalue weighted by Crippen LogP contribution is -2.54. The van der Waals surface area contributed by atoms with Gasteiger partial charge >= 0.3 is 6.09 Å². The van der Waals surface area contributed by atoms with Crippen LogP contribution in [0, 0.1) is 10.1 Å². The van der Waals surface area contributed by atoms with E-state index in [1.54, 1.807) is 0 Å². The highest BCUT2D eigenvalue weighted by Crippen LogP contribution is 2.16. The summed E-state index contributed by atoms with van der Waals surface area (Å²) in [7, 11) is 0. The van der Waals surface area contributed by atoms with Gasteiger partial charge in [0.05, 0.1) is 6.42 Å². The molecular formula is C4H6N2O4. The van der Waals surface area contributed by atoms with E-state index in [0.29, 0.717) is 6.42 Å². The number of rotatable bonds is 1. The molecule has 1 rings (SSSR count). The smallest absolute Gasteiger partial charge is 0.412 e. The van der Waals surface area contributed by atoms with E-state index in [4.69, 9.17) is 5.11 Å². The Bertz CT molecular complexity index is 160. The molecule has 1 saturated heterocycles. The quantitative estimate of drug-likeness (QED) is 0.416. The van der Waals surface area contributed by atoms with E-state index in [9.17, 15) is 14.9 Å². The van der Waals surface area contributed by atoms with Crippen LogP contribution in [0.15, 0.2) is 0 Å². The van der Waals surface area contributed by atoms with Crippen LogP contribution in [0.25, 0.3) is 0 Å². The lowest BCUT2D eigenvalue weighted by molar-refractivity contribution is -0.562. The number of carboxylic acid groups (broad SMARTS) is 1. The number of hydrogen-bond acceptors (Lipinski definition) is 3. The average Bonchev–Trinajstić information content (AvgIpc) is 1.56. The lowest BCUT2D eigenvalue weighted by atomic mass is 10.2. The largest absolute Gasteiger partial charge is 0.465 e. The molecule has 0 aromatic heterocycles. The molecule has 1 amide bonds. The molecule has 0 saturated carbocycles. The van der Waals surface area contributed by atoms with Crippen molar-refractivity contribution in [1.29, 1.82) is 0 Å². The molecule has 1 aliphatic rings. The Morgan fingerprint density at radius 1 is 1.80 bits per heavy atom. The first-order valence-corrected chi connectivity index (χ1v) is 2.76. The second-order valence-corrected chi connectivity index (χ2v) is 2.03. The Hall–Kier alpha value is -1.33. The molecule has 56 valence electrons. The number of nitro groups is 1. The summed E-state index contributed by atoms with van der Waals surface area (Å²) in [5.41, 5.74) is 0. The fraction of sp³-hybridized carbons (Fsp3) is 0.750. The molecule has 0 bridgehead atoms. The van der Waals surface area contributed by atoms with Crippen molar-refractivity contribution in [2.24, 2.45) is 0 Å². The van der Waals surface area contributed by atoms with E-state index >= 15 is 0 Å². The zero-order valence-corrected chi connectivity index (χ0v) is 5.06. The van der Waals surface area contributed by atoms with Crippen molar-refractivity contribution in [3.05, 3.63) is 10.1 Å². The summed E-state index contributed by atoms with van der Waals surface area (Å²) in [6, 6.07) is 0. The normalized spacial score (nSPS) is 23.6. The molecule has 0 spiro atoms. The third kappa shape index (κ3) is 0.873. The van der Waals surface area contributed by atoms with Crippen molar-refractivity contribution in [2.45, 2.75) is 12.6 Å². The monoisotopic (exact) mass is 146 g/mol. The van der Waals surface area contributed by atoms with Crippen molar-refractivity contribution < 1.29 is 14.8 Å². The predicted octanol–water partition coefficient (Wildman–Crippen LogP) is -0.0271. The van der Waals surface area contributed by atoms with Crippen LogP contribution in [0.3, 0.4) is 0 Å². The minimum atomic E-state index is -1.21. The fourth-order valence-electron chi connectivity index (χ4n) is 0.816. The van der Waals surface area contributed by atoms with E-state index in [1.165, 1.54) is 0 Å². The first-order chi connectivity index (χ1) is 4.63. The van der Waals surface area contributed by atoms with Crippen molar-refractivity contribution >= 4 is 6.09 Å². The van der Waals surface area contributed by atoms with Gasteiger partial charge in [0, 0.05) is 11.5 Å². The standard InChI is InChI=1S/C4H6N2O4/c7-4(8)5-2-1-3(5)6(9)10/h3H,1-2H2,(H,7,8). The Morgan fingerprint density at radius 3 is 2.50 bits per heavy atom. The van der Waals surface area contributed by atoms with E-state index in [0.717, 1.165) is 4.90 Å². The second-order valence-electron chi connectivity index (χ2n) is 2.03. The summed E-state index contributed by atoms with van der Waals surface area (Å²) in [6.07, 6.45) is -1.88. The van der Waals surface area contributed by atoms with Gasteiger partial charge in [-0.1, -0.05) is 0 Å². The average molecular weight is 146 g/mol. The van der Waals surface area contributed by atoms with Crippen LogP contribution < -0.4 is 0 Å². The molecule has 1 atom stereocenters. The maximum Gasteiger partial charge on any atom is 0.412 e. The first-order valence-electron chi connectivity index (χ1n) is 2.76. The summed E-state index contributed by atoms with van der Waals surface area (Å²) in [6.45, 7) is 0.279. The van der Waals surface area contributed by atoms with E-state index < -0.39 is 17.2 Å².